The molecule has 4 heterocycles. The van der Waals surface area contributed by atoms with Gasteiger partial charge in [0.15, 0.2) is 0 Å². The maximum absolute atomic E-state index is 14.0. The third-order valence-electron chi connectivity index (χ3n) is 9.99. The van der Waals surface area contributed by atoms with Gasteiger partial charge in [0, 0.05) is 64.9 Å². The molecule has 3 fully saturated rings. The molecule has 2 aromatic carbocycles. The van der Waals surface area contributed by atoms with Crippen molar-refractivity contribution in [1.82, 2.24) is 20.0 Å². The summed E-state index contributed by atoms with van der Waals surface area (Å²) >= 11 is 0. The highest BCUT2D eigenvalue weighted by Crippen LogP contribution is 2.34. The lowest BCUT2D eigenvalue weighted by Crippen LogP contribution is -2.60. The zero-order chi connectivity index (χ0) is 31.4. The molecule has 2 amide bonds. The van der Waals surface area contributed by atoms with Crippen LogP contribution in [0.1, 0.15) is 53.6 Å². The van der Waals surface area contributed by atoms with Crippen molar-refractivity contribution in [2.75, 3.05) is 59.1 Å². The lowest BCUT2D eigenvalue weighted by Gasteiger charge is -2.46. The quantitative estimate of drug-likeness (QED) is 0.542. The number of carbonyl (C=O) groups excluding carboxylic acids is 2. The highest BCUT2D eigenvalue weighted by Gasteiger charge is 2.38. The van der Waals surface area contributed by atoms with E-state index in [4.69, 9.17) is 9.47 Å². The molecule has 11 heteroatoms. The Hall–Kier alpha value is -3.15. The second-order valence-electron chi connectivity index (χ2n) is 12.9. The number of nitrogens with zero attached hydrogens (tertiary/aromatic N) is 3. The van der Waals surface area contributed by atoms with Crippen LogP contribution in [0.5, 0.6) is 5.75 Å². The van der Waals surface area contributed by atoms with Crippen LogP contribution in [0.15, 0.2) is 48.5 Å². The number of hydrogen-bond donors (Lipinski definition) is 1. The maximum atomic E-state index is 14.0. The average molecular weight is 629 g/mol. The van der Waals surface area contributed by atoms with Crippen LogP contribution in [0, 0.1) is 11.8 Å². The van der Waals surface area contributed by atoms with E-state index in [1.807, 2.05) is 23.1 Å². The van der Waals surface area contributed by atoms with Crippen molar-refractivity contribution < 1.29 is 32.2 Å². The van der Waals surface area contributed by atoms with Gasteiger partial charge in [-0.15, -0.1) is 0 Å². The molecule has 6 rings (SSSR count). The molecule has 244 valence electrons. The van der Waals surface area contributed by atoms with Gasteiger partial charge in [-0.05, 0) is 67.8 Å². The summed E-state index contributed by atoms with van der Waals surface area (Å²) < 4.78 is 52.7. The van der Waals surface area contributed by atoms with E-state index in [0.717, 1.165) is 57.6 Å². The molecule has 0 bridgehead atoms. The van der Waals surface area contributed by atoms with Gasteiger partial charge < -0.3 is 19.7 Å². The number of alkyl halides is 3. The molecule has 45 heavy (non-hydrogen) atoms. The van der Waals surface area contributed by atoms with E-state index in [1.165, 1.54) is 11.6 Å². The van der Waals surface area contributed by atoms with Crippen molar-refractivity contribution in [2.45, 2.75) is 56.9 Å². The molecule has 0 radical (unpaired) electrons. The number of piperazine rings is 1. The minimum Gasteiger partial charge on any atom is -0.491 e. The summed E-state index contributed by atoms with van der Waals surface area (Å²) in [5.74, 6) is -0.0623. The molecule has 1 N–H and O–H groups in total. The summed E-state index contributed by atoms with van der Waals surface area (Å²) in [6, 6.07) is 13.4. The highest BCUT2D eigenvalue weighted by atomic mass is 19.4. The minimum absolute atomic E-state index is 0.0933. The monoisotopic (exact) mass is 628 g/mol. The Bertz CT molecular complexity index is 1320. The van der Waals surface area contributed by atoms with E-state index in [-0.39, 0.29) is 41.7 Å². The van der Waals surface area contributed by atoms with Crippen LogP contribution in [-0.4, -0.2) is 97.7 Å². The number of halogens is 3. The summed E-state index contributed by atoms with van der Waals surface area (Å²) in [7, 11) is 0. The number of ether oxygens (including phenoxy) is 2. The first kappa shape index (κ1) is 31.8. The van der Waals surface area contributed by atoms with Gasteiger partial charge in [-0.3, -0.25) is 19.4 Å². The smallest absolute Gasteiger partial charge is 0.416 e. The number of carbonyl (C=O) groups is 2. The van der Waals surface area contributed by atoms with Crippen molar-refractivity contribution in [3.05, 3.63) is 65.2 Å². The number of nitrogens with one attached hydrogen (secondary N) is 1. The zero-order valence-electron chi connectivity index (χ0n) is 25.6. The van der Waals surface area contributed by atoms with Crippen LogP contribution in [-0.2, 0) is 22.3 Å². The molecular formula is C34H43F3N4O4. The van der Waals surface area contributed by atoms with Gasteiger partial charge >= 0.3 is 6.18 Å². The standard InChI is InChI=1S/C34H43F3N4O4/c35-34(36,37)27-6-7-31-30(19-27)33(43)38-12-8-26-21-39(20-24-4-2-1-3-5-24)13-9-25(26)18-32(42)41-15-14-40(22-29(41)23-45-31)28-10-16-44-17-11-28/h1-7,19,25-26,28-29H,8-18,20-23H2,(H,38,43)/t25-,26-,29-/m0/s1. The third kappa shape index (κ3) is 7.81. The molecule has 2 aromatic rings. The Morgan fingerprint density at radius 2 is 1.67 bits per heavy atom. The first-order valence-corrected chi connectivity index (χ1v) is 16.2. The summed E-state index contributed by atoms with van der Waals surface area (Å²) in [6.07, 6.45) is -0.801. The second kappa shape index (κ2) is 14.1. The minimum atomic E-state index is -4.59. The molecule has 0 saturated carbocycles. The lowest BCUT2D eigenvalue weighted by molar-refractivity contribution is -0.140. The van der Waals surface area contributed by atoms with E-state index >= 15 is 0 Å². The fraction of sp³-hybridized carbons (Fsp3) is 0.588. The van der Waals surface area contributed by atoms with E-state index in [1.54, 1.807) is 0 Å². The van der Waals surface area contributed by atoms with Crippen molar-refractivity contribution in [2.24, 2.45) is 11.8 Å². The van der Waals surface area contributed by atoms with Gasteiger partial charge in [0.05, 0.1) is 17.2 Å². The number of fused-ring (bicyclic) bond motifs is 3. The number of hydrogen-bond acceptors (Lipinski definition) is 6. The number of rotatable bonds is 3. The van der Waals surface area contributed by atoms with Gasteiger partial charge in [-0.2, -0.15) is 13.2 Å². The molecule has 0 spiro atoms. The average Bonchev–Trinajstić information content (AvgIpc) is 3.04. The summed E-state index contributed by atoms with van der Waals surface area (Å²) in [5, 5.41) is 2.87. The first-order chi connectivity index (χ1) is 21.7. The normalized spacial score (nSPS) is 26.6. The highest BCUT2D eigenvalue weighted by molar-refractivity contribution is 5.97. The van der Waals surface area contributed by atoms with Crippen molar-refractivity contribution in [1.29, 1.82) is 0 Å². The predicted molar refractivity (Wildman–Crippen MR) is 163 cm³/mol. The maximum Gasteiger partial charge on any atom is 0.416 e. The summed E-state index contributed by atoms with van der Waals surface area (Å²) in [5.41, 5.74) is 0.191. The van der Waals surface area contributed by atoms with E-state index in [0.29, 0.717) is 51.7 Å². The molecule has 0 aliphatic carbocycles. The zero-order valence-corrected chi connectivity index (χ0v) is 25.6. The second-order valence-corrected chi connectivity index (χ2v) is 12.9. The molecule has 0 aromatic heterocycles. The van der Waals surface area contributed by atoms with Crippen LogP contribution in [0.4, 0.5) is 13.2 Å². The molecule has 0 unspecified atom stereocenters. The van der Waals surface area contributed by atoms with Crippen LogP contribution < -0.4 is 10.1 Å². The summed E-state index contributed by atoms with van der Waals surface area (Å²) in [6.45, 7) is 6.24. The van der Waals surface area contributed by atoms with Gasteiger partial charge in [-0.25, -0.2) is 0 Å². The fourth-order valence-corrected chi connectivity index (χ4v) is 7.47. The van der Waals surface area contributed by atoms with Crippen LogP contribution in [0.2, 0.25) is 0 Å². The molecule has 4 aliphatic heterocycles. The third-order valence-corrected chi connectivity index (χ3v) is 9.99. The van der Waals surface area contributed by atoms with E-state index in [9.17, 15) is 22.8 Å². The molecule has 3 saturated heterocycles. The fourth-order valence-electron chi connectivity index (χ4n) is 7.47. The Morgan fingerprint density at radius 3 is 2.44 bits per heavy atom. The Labute approximate surface area is 262 Å². The summed E-state index contributed by atoms with van der Waals surface area (Å²) in [4.78, 5) is 34.1. The van der Waals surface area contributed by atoms with Crippen LogP contribution in [0.25, 0.3) is 0 Å². The lowest BCUT2D eigenvalue weighted by atomic mass is 9.80. The number of amides is 2. The molecule has 8 nitrogen and oxygen atoms in total. The first-order valence-electron chi connectivity index (χ1n) is 16.2. The Kier molecular flexibility index (Phi) is 9.96. The largest absolute Gasteiger partial charge is 0.491 e. The van der Waals surface area contributed by atoms with Gasteiger partial charge in [0.1, 0.15) is 12.4 Å². The Balaban J connectivity index is 1.26. The molecule has 3 atom stereocenters. The molecule has 4 aliphatic rings. The van der Waals surface area contributed by atoms with Crippen molar-refractivity contribution >= 4 is 11.8 Å². The van der Waals surface area contributed by atoms with Gasteiger partial charge in [0.25, 0.3) is 5.91 Å². The number of benzene rings is 2. The van der Waals surface area contributed by atoms with Crippen molar-refractivity contribution in [3.8, 4) is 5.75 Å². The van der Waals surface area contributed by atoms with Gasteiger partial charge in [-0.1, -0.05) is 30.3 Å². The SMILES string of the molecule is O=C1NCC[C@H]2CN(Cc3ccccc3)CC[C@H]2CC(=O)N2CCN(C3CCOCC3)C[C@H]2COc2ccc(C(F)(F)F)cc21. The van der Waals surface area contributed by atoms with E-state index < -0.39 is 17.6 Å². The topological polar surface area (TPSA) is 74.4 Å². The van der Waals surface area contributed by atoms with Gasteiger partial charge in [0.2, 0.25) is 5.91 Å². The number of piperidine rings is 1. The number of likely N-dealkylation sites (tertiary alicyclic amines) is 1. The molecular weight excluding hydrogens is 585 g/mol. The van der Waals surface area contributed by atoms with Crippen LogP contribution >= 0.6 is 0 Å². The van der Waals surface area contributed by atoms with E-state index in [2.05, 4.69) is 27.2 Å². The van der Waals surface area contributed by atoms with Crippen LogP contribution in [0.3, 0.4) is 0 Å². The predicted octanol–water partition coefficient (Wildman–Crippen LogP) is 4.44. The van der Waals surface area contributed by atoms with Crippen molar-refractivity contribution in [3.63, 3.8) is 0 Å². The Morgan fingerprint density at radius 1 is 0.867 bits per heavy atom.